The van der Waals surface area contributed by atoms with Crippen LogP contribution in [0, 0.1) is 0 Å². The number of hydrogen-bond donors (Lipinski definition) is 0. The van der Waals surface area contributed by atoms with Crippen molar-refractivity contribution in [3.8, 4) is 5.75 Å². The van der Waals surface area contributed by atoms with Gasteiger partial charge in [0.1, 0.15) is 11.4 Å². The molecule has 0 saturated heterocycles. The van der Waals surface area contributed by atoms with Gasteiger partial charge in [0.2, 0.25) is 0 Å². The van der Waals surface area contributed by atoms with Gasteiger partial charge in [-0.3, -0.25) is 4.99 Å². The first-order valence-corrected chi connectivity index (χ1v) is 5.70. The third-order valence-electron chi connectivity index (χ3n) is 2.35. The Balaban J connectivity index is 2.15. The van der Waals surface area contributed by atoms with E-state index in [0.29, 0.717) is 5.75 Å². The lowest BCUT2D eigenvalue weighted by molar-refractivity contribution is 0.0515. The summed E-state index contributed by atoms with van der Waals surface area (Å²) in [6, 6.07) is 17.6. The summed E-state index contributed by atoms with van der Waals surface area (Å²) in [5.41, 5.74) is 1.84. The normalized spacial score (nSPS) is 10.7. The highest BCUT2D eigenvalue weighted by Gasteiger charge is 1.99. The van der Waals surface area contributed by atoms with Crippen LogP contribution in [0.4, 0.5) is 5.69 Å². The number of ether oxygens (including phenoxy) is 2. The second kappa shape index (κ2) is 6.57. The fourth-order valence-corrected chi connectivity index (χ4v) is 1.49. The first-order valence-electron chi connectivity index (χ1n) is 5.70. The number of para-hydroxylation sites is 2. The Morgan fingerprint density at radius 1 is 1.00 bits per heavy atom. The summed E-state index contributed by atoms with van der Waals surface area (Å²) in [5.74, 6) is 0.714. The van der Waals surface area contributed by atoms with Gasteiger partial charge in [-0.1, -0.05) is 42.5 Å². The molecule has 3 heteroatoms. The SMILES string of the molecule is COCOc1ccccc1N=Cc1ccccc1. The fourth-order valence-electron chi connectivity index (χ4n) is 1.49. The first kappa shape index (κ1) is 12.3. The average molecular weight is 241 g/mol. The number of hydrogen-bond acceptors (Lipinski definition) is 3. The zero-order chi connectivity index (χ0) is 12.6. The molecule has 0 atom stereocenters. The van der Waals surface area contributed by atoms with Gasteiger partial charge in [-0.05, 0) is 17.7 Å². The van der Waals surface area contributed by atoms with Crippen LogP contribution in [0.5, 0.6) is 5.75 Å². The molecular weight excluding hydrogens is 226 g/mol. The summed E-state index contributed by atoms with van der Waals surface area (Å²) in [7, 11) is 1.59. The van der Waals surface area contributed by atoms with Crippen LogP contribution in [0.2, 0.25) is 0 Å². The van der Waals surface area contributed by atoms with E-state index < -0.39 is 0 Å². The molecule has 0 aliphatic carbocycles. The predicted molar refractivity (Wildman–Crippen MR) is 72.6 cm³/mol. The second-order valence-electron chi connectivity index (χ2n) is 3.69. The van der Waals surface area contributed by atoms with Crippen molar-refractivity contribution >= 4 is 11.9 Å². The van der Waals surface area contributed by atoms with Crippen molar-refractivity contribution in [2.75, 3.05) is 13.9 Å². The minimum absolute atomic E-state index is 0.220. The molecular formula is C15H15NO2. The van der Waals surface area contributed by atoms with Crippen molar-refractivity contribution in [2.45, 2.75) is 0 Å². The Morgan fingerprint density at radius 3 is 2.50 bits per heavy atom. The summed E-state index contributed by atoms with van der Waals surface area (Å²) in [5, 5.41) is 0. The van der Waals surface area contributed by atoms with Gasteiger partial charge < -0.3 is 9.47 Å². The van der Waals surface area contributed by atoms with Crippen LogP contribution in [0.15, 0.2) is 59.6 Å². The highest BCUT2D eigenvalue weighted by atomic mass is 16.7. The topological polar surface area (TPSA) is 30.8 Å². The van der Waals surface area contributed by atoms with Gasteiger partial charge in [0.25, 0.3) is 0 Å². The van der Waals surface area contributed by atoms with Crippen molar-refractivity contribution in [1.82, 2.24) is 0 Å². The summed E-state index contributed by atoms with van der Waals surface area (Å²) < 4.78 is 10.3. The third-order valence-corrected chi connectivity index (χ3v) is 2.35. The molecule has 2 aromatic carbocycles. The molecule has 92 valence electrons. The molecule has 0 heterocycles. The number of methoxy groups -OCH3 is 1. The lowest BCUT2D eigenvalue weighted by atomic mass is 10.2. The lowest BCUT2D eigenvalue weighted by Gasteiger charge is -2.06. The molecule has 18 heavy (non-hydrogen) atoms. The Morgan fingerprint density at radius 2 is 1.72 bits per heavy atom. The second-order valence-corrected chi connectivity index (χ2v) is 3.69. The molecule has 0 spiro atoms. The predicted octanol–water partition coefficient (Wildman–Crippen LogP) is 3.42. The van der Waals surface area contributed by atoms with E-state index in [-0.39, 0.29) is 6.79 Å². The Labute approximate surface area is 107 Å². The fraction of sp³-hybridized carbons (Fsp3) is 0.133. The van der Waals surface area contributed by atoms with Gasteiger partial charge in [0.15, 0.2) is 6.79 Å². The molecule has 0 amide bonds. The lowest BCUT2D eigenvalue weighted by Crippen LogP contribution is -1.98. The zero-order valence-electron chi connectivity index (χ0n) is 10.2. The van der Waals surface area contributed by atoms with Gasteiger partial charge in [-0.15, -0.1) is 0 Å². The standard InChI is InChI=1S/C15H15NO2/c1-17-12-18-15-10-6-5-9-14(15)16-11-13-7-3-2-4-8-13/h2-11H,12H2,1H3. The van der Waals surface area contributed by atoms with Gasteiger partial charge >= 0.3 is 0 Å². The maximum Gasteiger partial charge on any atom is 0.188 e. The molecule has 0 aliphatic rings. The molecule has 0 fully saturated rings. The zero-order valence-corrected chi connectivity index (χ0v) is 10.2. The molecule has 0 aromatic heterocycles. The van der Waals surface area contributed by atoms with Crippen molar-refractivity contribution in [3.63, 3.8) is 0 Å². The highest BCUT2D eigenvalue weighted by molar-refractivity contribution is 5.82. The van der Waals surface area contributed by atoms with Crippen molar-refractivity contribution in [2.24, 2.45) is 4.99 Å². The van der Waals surface area contributed by atoms with Gasteiger partial charge in [0.05, 0.1) is 0 Å². The molecule has 0 N–H and O–H groups in total. The highest BCUT2D eigenvalue weighted by Crippen LogP contribution is 2.26. The van der Waals surface area contributed by atoms with Gasteiger partial charge in [-0.25, -0.2) is 0 Å². The molecule has 2 aromatic rings. The first-order chi connectivity index (χ1) is 8.90. The van der Waals surface area contributed by atoms with Crippen LogP contribution < -0.4 is 4.74 Å². The van der Waals surface area contributed by atoms with Crippen LogP contribution in [-0.2, 0) is 4.74 Å². The van der Waals surface area contributed by atoms with Gasteiger partial charge in [0, 0.05) is 13.3 Å². The number of aliphatic imine (C=N–C) groups is 1. The molecule has 0 saturated carbocycles. The number of rotatable bonds is 5. The Hall–Kier alpha value is -2.13. The molecule has 3 nitrogen and oxygen atoms in total. The quantitative estimate of drug-likeness (QED) is 0.593. The monoisotopic (exact) mass is 241 g/mol. The molecule has 0 bridgehead atoms. The summed E-state index contributed by atoms with van der Waals surface area (Å²) in [6.45, 7) is 0.220. The van der Waals surface area contributed by atoms with E-state index in [1.54, 1.807) is 7.11 Å². The minimum atomic E-state index is 0.220. The van der Waals surface area contributed by atoms with Crippen molar-refractivity contribution in [1.29, 1.82) is 0 Å². The van der Waals surface area contributed by atoms with E-state index in [2.05, 4.69) is 4.99 Å². The Bertz CT molecular complexity index is 509. The number of benzene rings is 2. The van der Waals surface area contributed by atoms with Crippen LogP contribution in [0.1, 0.15) is 5.56 Å². The van der Waals surface area contributed by atoms with E-state index in [9.17, 15) is 0 Å². The summed E-state index contributed by atoms with van der Waals surface area (Å²) in [4.78, 5) is 4.42. The van der Waals surface area contributed by atoms with Crippen LogP contribution >= 0.6 is 0 Å². The third kappa shape index (κ3) is 3.43. The molecule has 0 radical (unpaired) electrons. The van der Waals surface area contributed by atoms with Crippen molar-refractivity contribution in [3.05, 3.63) is 60.2 Å². The molecule has 2 rings (SSSR count). The largest absolute Gasteiger partial charge is 0.465 e. The molecule has 0 aliphatic heterocycles. The van der Waals surface area contributed by atoms with Crippen LogP contribution in [-0.4, -0.2) is 20.1 Å². The van der Waals surface area contributed by atoms with E-state index in [0.717, 1.165) is 11.3 Å². The minimum Gasteiger partial charge on any atom is -0.465 e. The summed E-state index contributed by atoms with van der Waals surface area (Å²) in [6.07, 6.45) is 1.81. The van der Waals surface area contributed by atoms with E-state index >= 15 is 0 Å². The van der Waals surface area contributed by atoms with E-state index in [4.69, 9.17) is 9.47 Å². The molecule has 0 unspecified atom stereocenters. The van der Waals surface area contributed by atoms with Crippen LogP contribution in [0.3, 0.4) is 0 Å². The average Bonchev–Trinajstić information content (AvgIpc) is 2.45. The number of nitrogens with zero attached hydrogens (tertiary/aromatic N) is 1. The van der Waals surface area contributed by atoms with Crippen LogP contribution in [0.25, 0.3) is 0 Å². The summed E-state index contributed by atoms with van der Waals surface area (Å²) >= 11 is 0. The van der Waals surface area contributed by atoms with E-state index in [1.165, 1.54) is 0 Å². The maximum absolute atomic E-state index is 5.44. The maximum atomic E-state index is 5.44. The smallest absolute Gasteiger partial charge is 0.188 e. The van der Waals surface area contributed by atoms with Crippen molar-refractivity contribution < 1.29 is 9.47 Å². The Kier molecular flexibility index (Phi) is 4.50. The van der Waals surface area contributed by atoms with Gasteiger partial charge in [-0.2, -0.15) is 0 Å². The van der Waals surface area contributed by atoms with E-state index in [1.807, 2.05) is 60.8 Å².